The summed E-state index contributed by atoms with van der Waals surface area (Å²) in [4.78, 5) is 17.0. The third kappa shape index (κ3) is 9.09. The number of pyridine rings is 1. The van der Waals surface area contributed by atoms with Crippen LogP contribution in [0.1, 0.15) is 60.1 Å². The van der Waals surface area contributed by atoms with Crippen molar-refractivity contribution < 1.29 is 9.53 Å². The fraction of sp³-hybridized carbons (Fsp3) is 0.591. The van der Waals surface area contributed by atoms with Gasteiger partial charge in [-0.1, -0.05) is 48.1 Å². The summed E-state index contributed by atoms with van der Waals surface area (Å²) in [5.41, 5.74) is 7.46. The van der Waals surface area contributed by atoms with Gasteiger partial charge in [0.15, 0.2) is 0 Å². The molecule has 0 aromatic carbocycles. The van der Waals surface area contributed by atoms with Crippen molar-refractivity contribution in [3.63, 3.8) is 0 Å². The van der Waals surface area contributed by atoms with Gasteiger partial charge in [0.05, 0.1) is 23.6 Å². The van der Waals surface area contributed by atoms with E-state index in [-0.39, 0.29) is 11.9 Å². The summed E-state index contributed by atoms with van der Waals surface area (Å²) in [5, 5.41) is 7.81. The Hall–Kier alpha value is -2.41. The van der Waals surface area contributed by atoms with Crippen molar-refractivity contribution >= 4 is 22.6 Å². The number of hydrogen-bond acceptors (Lipinski definition) is 5. The third-order valence-corrected chi connectivity index (χ3v) is 3.87. The maximum Gasteiger partial charge on any atom is 0.246 e. The summed E-state index contributed by atoms with van der Waals surface area (Å²) in [5.74, 6) is 0.559. The number of amides is 1. The van der Waals surface area contributed by atoms with Gasteiger partial charge in [0.1, 0.15) is 5.82 Å². The molecule has 0 radical (unpaired) electrons. The van der Waals surface area contributed by atoms with Crippen LogP contribution in [-0.2, 0) is 9.53 Å². The van der Waals surface area contributed by atoms with Crippen LogP contribution in [0.4, 0.5) is 5.82 Å². The SMILES string of the molecule is C=CC(=O)N1CCCC1COC.CC.CC.CC.Cc1[nH]nc2ccnc(N)c12. The van der Waals surface area contributed by atoms with Gasteiger partial charge in [-0.3, -0.25) is 9.89 Å². The number of H-pyrrole nitrogens is 1. The number of nitrogens with zero attached hydrogens (tertiary/aromatic N) is 3. The molecule has 0 bridgehead atoms. The zero-order chi connectivity index (χ0) is 22.8. The minimum Gasteiger partial charge on any atom is -0.383 e. The van der Waals surface area contributed by atoms with E-state index in [4.69, 9.17) is 10.5 Å². The number of nitrogens with two attached hydrogens (primary N) is 1. The largest absolute Gasteiger partial charge is 0.383 e. The van der Waals surface area contributed by atoms with E-state index in [2.05, 4.69) is 21.8 Å². The van der Waals surface area contributed by atoms with Crippen molar-refractivity contribution in [1.82, 2.24) is 20.1 Å². The summed E-state index contributed by atoms with van der Waals surface area (Å²) in [6, 6.07) is 2.09. The molecule has 1 saturated heterocycles. The number of likely N-dealkylation sites (tertiary alicyclic amines) is 1. The lowest BCUT2D eigenvalue weighted by Gasteiger charge is -2.22. The van der Waals surface area contributed by atoms with Gasteiger partial charge in [0.25, 0.3) is 0 Å². The molecule has 3 heterocycles. The van der Waals surface area contributed by atoms with E-state index in [0.717, 1.165) is 36.0 Å². The first-order valence-electron chi connectivity index (χ1n) is 10.6. The Labute approximate surface area is 176 Å². The Morgan fingerprint density at radius 3 is 2.48 bits per heavy atom. The average molecular weight is 408 g/mol. The van der Waals surface area contributed by atoms with Crippen molar-refractivity contribution in [1.29, 1.82) is 0 Å². The van der Waals surface area contributed by atoms with Gasteiger partial charge in [-0.05, 0) is 31.9 Å². The zero-order valence-electron chi connectivity index (χ0n) is 19.6. The first-order chi connectivity index (χ1) is 14.1. The number of aromatic amines is 1. The van der Waals surface area contributed by atoms with Gasteiger partial charge in [-0.15, -0.1) is 0 Å². The number of fused-ring (bicyclic) bond motifs is 1. The molecular formula is C22H41N5O2. The van der Waals surface area contributed by atoms with Crippen molar-refractivity contribution in [3.8, 4) is 0 Å². The molecule has 1 unspecified atom stereocenters. The van der Waals surface area contributed by atoms with Gasteiger partial charge in [-0.25, -0.2) is 4.98 Å². The van der Waals surface area contributed by atoms with E-state index < -0.39 is 0 Å². The molecule has 166 valence electrons. The van der Waals surface area contributed by atoms with Crippen LogP contribution in [0.15, 0.2) is 24.9 Å². The minimum atomic E-state index is 0.0227. The molecule has 1 aliphatic heterocycles. The van der Waals surface area contributed by atoms with Crippen LogP contribution >= 0.6 is 0 Å². The first kappa shape index (κ1) is 28.8. The van der Waals surface area contributed by atoms with Crippen molar-refractivity contribution in [3.05, 3.63) is 30.6 Å². The van der Waals surface area contributed by atoms with Crippen molar-refractivity contribution in [2.45, 2.75) is 67.3 Å². The van der Waals surface area contributed by atoms with E-state index >= 15 is 0 Å². The Kier molecular flexibility index (Phi) is 17.5. The molecule has 3 rings (SSSR count). The quantitative estimate of drug-likeness (QED) is 0.716. The lowest BCUT2D eigenvalue weighted by atomic mass is 10.2. The molecule has 29 heavy (non-hydrogen) atoms. The number of nitrogen functional groups attached to an aromatic ring is 1. The van der Waals surface area contributed by atoms with Gasteiger partial charge >= 0.3 is 0 Å². The van der Waals surface area contributed by atoms with E-state index in [1.54, 1.807) is 13.3 Å². The standard InChI is InChI=1S/C9H15NO2.C7H8N4.3C2H6/c1-3-9(11)10-6-4-5-8(10)7-12-2;1-4-6-5(11-10-4)2-3-9-7(6)8;3*1-2/h3,8H,1,4-7H2,2H3;2-3H,1H3,(H2,8,9)(H,10,11);3*1-2H3. The highest BCUT2D eigenvalue weighted by Gasteiger charge is 2.26. The average Bonchev–Trinajstić information content (AvgIpc) is 3.40. The van der Waals surface area contributed by atoms with Gasteiger partial charge in [-0.2, -0.15) is 5.10 Å². The van der Waals surface area contributed by atoms with E-state index in [1.807, 2.05) is 59.4 Å². The molecule has 3 N–H and O–H groups in total. The Morgan fingerprint density at radius 2 is 1.97 bits per heavy atom. The maximum absolute atomic E-state index is 11.3. The number of nitrogens with one attached hydrogen (secondary N) is 1. The van der Waals surface area contributed by atoms with Crippen LogP contribution in [0.2, 0.25) is 0 Å². The number of hydrogen-bond donors (Lipinski definition) is 2. The highest BCUT2D eigenvalue weighted by atomic mass is 16.5. The predicted octanol–water partition coefficient (Wildman–Crippen LogP) is 4.74. The fourth-order valence-electron chi connectivity index (χ4n) is 2.75. The monoisotopic (exact) mass is 407 g/mol. The Bertz CT molecular complexity index is 685. The number of carbonyl (C=O) groups excluding carboxylic acids is 1. The van der Waals surface area contributed by atoms with Gasteiger partial charge in [0, 0.05) is 25.5 Å². The number of anilines is 1. The number of rotatable bonds is 3. The summed E-state index contributed by atoms with van der Waals surface area (Å²) < 4.78 is 5.02. The molecular weight excluding hydrogens is 366 g/mol. The number of aromatic nitrogens is 3. The molecule has 0 spiro atoms. The minimum absolute atomic E-state index is 0.0227. The molecule has 1 aliphatic rings. The molecule has 2 aromatic heterocycles. The lowest BCUT2D eigenvalue weighted by molar-refractivity contribution is -0.127. The topological polar surface area (TPSA) is 97.1 Å². The molecule has 1 fully saturated rings. The Morgan fingerprint density at radius 1 is 1.34 bits per heavy atom. The van der Waals surface area contributed by atoms with E-state index in [9.17, 15) is 4.79 Å². The molecule has 0 aliphatic carbocycles. The Balaban J connectivity index is 0. The van der Waals surface area contributed by atoms with E-state index in [1.165, 1.54) is 6.08 Å². The van der Waals surface area contributed by atoms with Crippen LogP contribution in [0.5, 0.6) is 0 Å². The second kappa shape index (κ2) is 17.7. The molecule has 2 aromatic rings. The normalized spacial score (nSPS) is 14.1. The van der Waals surface area contributed by atoms with Crippen LogP contribution < -0.4 is 5.73 Å². The van der Waals surface area contributed by atoms with Crippen molar-refractivity contribution in [2.75, 3.05) is 26.0 Å². The molecule has 7 heteroatoms. The number of methoxy groups -OCH3 is 1. The van der Waals surface area contributed by atoms with Crippen LogP contribution in [0.3, 0.4) is 0 Å². The number of carbonyl (C=O) groups is 1. The van der Waals surface area contributed by atoms with Crippen LogP contribution in [0, 0.1) is 6.92 Å². The predicted molar refractivity (Wildman–Crippen MR) is 124 cm³/mol. The van der Waals surface area contributed by atoms with Crippen LogP contribution in [-0.4, -0.2) is 52.3 Å². The lowest BCUT2D eigenvalue weighted by Crippen LogP contribution is -2.36. The molecule has 1 amide bonds. The zero-order valence-corrected chi connectivity index (χ0v) is 19.6. The molecule has 7 nitrogen and oxygen atoms in total. The second-order valence-electron chi connectivity index (χ2n) is 5.43. The number of ether oxygens (including phenoxy) is 1. The maximum atomic E-state index is 11.3. The van der Waals surface area contributed by atoms with Crippen LogP contribution in [0.25, 0.3) is 10.9 Å². The van der Waals surface area contributed by atoms with Crippen molar-refractivity contribution in [2.24, 2.45) is 0 Å². The van der Waals surface area contributed by atoms with E-state index in [0.29, 0.717) is 12.4 Å². The summed E-state index contributed by atoms with van der Waals surface area (Å²) in [6.07, 6.45) is 5.15. The smallest absolute Gasteiger partial charge is 0.246 e. The molecule has 0 saturated carbocycles. The highest BCUT2D eigenvalue weighted by molar-refractivity contribution is 5.90. The number of aryl methyl sites for hydroxylation is 1. The van der Waals surface area contributed by atoms with Gasteiger partial charge < -0.3 is 15.4 Å². The first-order valence-corrected chi connectivity index (χ1v) is 10.6. The van der Waals surface area contributed by atoms with Gasteiger partial charge in [0.2, 0.25) is 5.91 Å². The fourth-order valence-corrected chi connectivity index (χ4v) is 2.75. The summed E-state index contributed by atoms with van der Waals surface area (Å²) >= 11 is 0. The molecule has 1 atom stereocenters. The summed E-state index contributed by atoms with van der Waals surface area (Å²) in [7, 11) is 1.66. The highest BCUT2D eigenvalue weighted by Crippen LogP contribution is 2.19. The summed E-state index contributed by atoms with van der Waals surface area (Å²) in [6.45, 7) is 18.9. The third-order valence-electron chi connectivity index (χ3n) is 3.87. The second-order valence-corrected chi connectivity index (χ2v) is 5.43.